The molecule has 23 heavy (non-hydrogen) atoms. The third kappa shape index (κ3) is 4.11. The number of nitrogens with one attached hydrogen (secondary N) is 1. The van der Waals surface area contributed by atoms with Crippen molar-refractivity contribution in [3.05, 3.63) is 57.0 Å². The number of halogens is 3. The first-order valence-corrected chi connectivity index (χ1v) is 8.35. The van der Waals surface area contributed by atoms with Crippen molar-refractivity contribution in [2.24, 2.45) is 5.10 Å². The lowest BCUT2D eigenvalue weighted by Gasteiger charge is -2.21. The summed E-state index contributed by atoms with van der Waals surface area (Å²) < 4.78 is 0. The van der Waals surface area contributed by atoms with Gasteiger partial charge in [-0.3, -0.25) is 5.01 Å². The second-order valence-corrected chi connectivity index (χ2v) is 6.14. The highest BCUT2D eigenvalue weighted by molar-refractivity contribution is 6.43. The second-order valence-electron chi connectivity index (χ2n) is 4.91. The molecule has 0 aliphatic carbocycles. The zero-order valence-corrected chi connectivity index (χ0v) is 15.5. The van der Waals surface area contributed by atoms with Gasteiger partial charge in [-0.15, -0.1) is 0 Å². The van der Waals surface area contributed by atoms with E-state index in [1.807, 2.05) is 56.2 Å². The van der Waals surface area contributed by atoms with E-state index in [4.69, 9.17) is 39.9 Å². The lowest BCUT2D eigenvalue weighted by molar-refractivity contribution is 0.892. The minimum Gasteiger partial charge on any atom is -0.388 e. The van der Waals surface area contributed by atoms with Crippen LogP contribution < -0.4 is 10.3 Å². The van der Waals surface area contributed by atoms with E-state index in [1.54, 1.807) is 6.07 Å². The first-order chi connectivity index (χ1) is 11.0. The van der Waals surface area contributed by atoms with Crippen LogP contribution in [0.5, 0.6) is 0 Å². The molecule has 0 saturated heterocycles. The van der Waals surface area contributed by atoms with Crippen molar-refractivity contribution in [2.75, 3.05) is 23.9 Å². The van der Waals surface area contributed by atoms with Gasteiger partial charge in [0, 0.05) is 29.9 Å². The Morgan fingerprint density at radius 2 is 1.91 bits per heavy atom. The average molecular weight is 371 g/mol. The number of hydrogen-bond donors (Lipinski definition) is 1. The summed E-state index contributed by atoms with van der Waals surface area (Å²) in [5.74, 6) is 0. The zero-order chi connectivity index (χ0) is 17.0. The van der Waals surface area contributed by atoms with Crippen LogP contribution in [0.3, 0.4) is 0 Å². The molecule has 0 spiro atoms. The van der Waals surface area contributed by atoms with Crippen LogP contribution in [-0.2, 0) is 0 Å². The molecule has 0 bridgehead atoms. The van der Waals surface area contributed by atoms with Crippen LogP contribution in [0.25, 0.3) is 0 Å². The minimum absolute atomic E-state index is 0.493. The highest BCUT2D eigenvalue weighted by atomic mass is 35.5. The van der Waals surface area contributed by atoms with Gasteiger partial charge in [0.1, 0.15) is 0 Å². The van der Waals surface area contributed by atoms with Crippen molar-refractivity contribution in [3.8, 4) is 0 Å². The van der Waals surface area contributed by atoms with E-state index in [9.17, 15) is 0 Å². The van der Waals surface area contributed by atoms with E-state index in [-0.39, 0.29) is 0 Å². The molecule has 0 aromatic heterocycles. The lowest BCUT2D eigenvalue weighted by atomic mass is 10.1. The van der Waals surface area contributed by atoms with E-state index < -0.39 is 0 Å². The Balaban J connectivity index is 2.45. The summed E-state index contributed by atoms with van der Waals surface area (Å²) in [6, 6.07) is 11.2. The number of benzene rings is 2. The lowest BCUT2D eigenvalue weighted by Crippen LogP contribution is -2.18. The largest absolute Gasteiger partial charge is 0.388 e. The van der Waals surface area contributed by atoms with E-state index in [1.165, 1.54) is 0 Å². The monoisotopic (exact) mass is 369 g/mol. The van der Waals surface area contributed by atoms with Crippen LogP contribution in [-0.4, -0.2) is 19.3 Å². The Bertz CT molecular complexity index is 729. The van der Waals surface area contributed by atoms with Gasteiger partial charge in [-0.05, 0) is 44.2 Å². The van der Waals surface area contributed by atoms with Gasteiger partial charge in [0.15, 0.2) is 0 Å². The summed E-state index contributed by atoms with van der Waals surface area (Å²) in [5, 5.41) is 11.3. The Kier molecular flexibility index (Phi) is 6.17. The van der Waals surface area contributed by atoms with Crippen molar-refractivity contribution >= 4 is 51.9 Å². The maximum atomic E-state index is 6.30. The van der Waals surface area contributed by atoms with Crippen LogP contribution in [0.2, 0.25) is 15.1 Å². The number of anilines is 2. The second kappa shape index (κ2) is 7.91. The maximum absolute atomic E-state index is 6.30. The summed E-state index contributed by atoms with van der Waals surface area (Å²) >= 11 is 18.5. The topological polar surface area (TPSA) is 27.6 Å². The van der Waals surface area contributed by atoms with Crippen LogP contribution >= 0.6 is 34.8 Å². The number of nitrogens with zero attached hydrogens (tertiary/aromatic N) is 2. The molecule has 0 amide bonds. The molecule has 3 nitrogen and oxygen atoms in total. The molecule has 0 saturated carbocycles. The molecule has 2 rings (SSSR count). The Hall–Kier alpha value is -1.42. The number of hydrogen-bond acceptors (Lipinski definition) is 3. The Labute approximate surface area is 151 Å². The first kappa shape index (κ1) is 17.9. The molecular formula is C17H18Cl3N3. The Morgan fingerprint density at radius 3 is 2.57 bits per heavy atom. The fourth-order valence-electron chi connectivity index (χ4n) is 2.26. The highest BCUT2D eigenvalue weighted by Crippen LogP contribution is 2.33. The molecule has 1 N–H and O–H groups in total. The van der Waals surface area contributed by atoms with Crippen molar-refractivity contribution in [1.82, 2.24) is 0 Å². The number of hydrazone groups is 1. The van der Waals surface area contributed by atoms with Crippen LogP contribution in [0.1, 0.15) is 19.4 Å². The molecule has 0 aliphatic heterocycles. The summed E-state index contributed by atoms with van der Waals surface area (Å²) in [5.41, 5.74) is 3.50. The van der Waals surface area contributed by atoms with Gasteiger partial charge in [-0.25, -0.2) is 0 Å². The molecule has 0 unspecified atom stereocenters. The molecular weight excluding hydrogens is 353 g/mol. The highest BCUT2D eigenvalue weighted by Gasteiger charge is 2.12. The fraction of sp³-hybridized carbons (Fsp3) is 0.235. The summed E-state index contributed by atoms with van der Waals surface area (Å²) in [6.07, 6.45) is 0. The van der Waals surface area contributed by atoms with Crippen molar-refractivity contribution in [2.45, 2.75) is 13.8 Å². The molecule has 6 heteroatoms. The van der Waals surface area contributed by atoms with Gasteiger partial charge in [0.2, 0.25) is 0 Å². The standard InChI is InChI=1S/C17H18Cl3N3/c1-4-23(16-7-5-6-14(19)17(16)20)22-11(2)13-10-12(18)8-9-15(13)21-3/h5-10,21H,4H2,1-3H3/b22-11-. The predicted molar refractivity (Wildman–Crippen MR) is 103 cm³/mol. The molecule has 2 aromatic carbocycles. The van der Waals surface area contributed by atoms with E-state index >= 15 is 0 Å². The predicted octanol–water partition coefficient (Wildman–Crippen LogP) is 5.94. The fourth-order valence-corrected chi connectivity index (χ4v) is 2.82. The van der Waals surface area contributed by atoms with Gasteiger partial charge in [-0.1, -0.05) is 40.9 Å². The van der Waals surface area contributed by atoms with Crippen molar-refractivity contribution < 1.29 is 0 Å². The third-order valence-corrected chi connectivity index (χ3v) is 4.46. The SMILES string of the molecule is CCN(/N=C(/C)c1cc(Cl)ccc1NC)c1cccc(Cl)c1Cl. The van der Waals surface area contributed by atoms with Gasteiger partial charge in [-0.2, -0.15) is 5.10 Å². The van der Waals surface area contributed by atoms with Gasteiger partial charge < -0.3 is 5.32 Å². The van der Waals surface area contributed by atoms with Crippen LogP contribution in [0, 0.1) is 0 Å². The van der Waals surface area contributed by atoms with E-state index in [2.05, 4.69) is 5.32 Å². The molecule has 0 fully saturated rings. The van der Waals surface area contributed by atoms with Gasteiger partial charge in [0.25, 0.3) is 0 Å². The van der Waals surface area contributed by atoms with E-state index in [0.717, 1.165) is 22.6 Å². The zero-order valence-electron chi connectivity index (χ0n) is 13.2. The third-order valence-electron chi connectivity index (χ3n) is 3.42. The van der Waals surface area contributed by atoms with Gasteiger partial charge >= 0.3 is 0 Å². The van der Waals surface area contributed by atoms with Crippen LogP contribution in [0.4, 0.5) is 11.4 Å². The summed E-state index contributed by atoms with van der Waals surface area (Å²) in [7, 11) is 1.87. The average Bonchev–Trinajstić information content (AvgIpc) is 2.55. The van der Waals surface area contributed by atoms with Crippen LogP contribution in [0.15, 0.2) is 41.5 Å². The van der Waals surface area contributed by atoms with Crippen molar-refractivity contribution in [3.63, 3.8) is 0 Å². The summed E-state index contributed by atoms with van der Waals surface area (Å²) in [4.78, 5) is 0. The Morgan fingerprint density at radius 1 is 1.17 bits per heavy atom. The quantitative estimate of drug-likeness (QED) is 0.521. The normalized spacial score (nSPS) is 11.5. The van der Waals surface area contributed by atoms with E-state index in [0.29, 0.717) is 21.6 Å². The molecule has 0 atom stereocenters. The summed E-state index contributed by atoms with van der Waals surface area (Å²) in [6.45, 7) is 4.60. The first-order valence-electron chi connectivity index (χ1n) is 7.22. The molecule has 0 radical (unpaired) electrons. The molecule has 122 valence electrons. The smallest absolute Gasteiger partial charge is 0.0845 e. The number of rotatable bonds is 5. The van der Waals surface area contributed by atoms with Gasteiger partial charge in [0.05, 0.1) is 21.4 Å². The molecule has 0 aliphatic rings. The molecule has 2 aromatic rings. The van der Waals surface area contributed by atoms with Crippen molar-refractivity contribution in [1.29, 1.82) is 0 Å². The molecule has 0 heterocycles. The maximum Gasteiger partial charge on any atom is 0.0845 e. The minimum atomic E-state index is 0.493.